The van der Waals surface area contributed by atoms with Crippen molar-refractivity contribution in [2.75, 3.05) is 0 Å². The van der Waals surface area contributed by atoms with E-state index in [0.717, 1.165) is 28.1 Å². The molecule has 1 amide bonds. The van der Waals surface area contributed by atoms with Crippen molar-refractivity contribution >= 4 is 5.91 Å². The number of hydrogen-bond donors (Lipinski definition) is 3. The molecule has 0 aliphatic rings. The largest absolute Gasteiger partial charge is 0.508 e. The first kappa shape index (κ1) is 14.9. The predicted molar refractivity (Wildman–Crippen MR) is 91.2 cm³/mol. The summed E-state index contributed by atoms with van der Waals surface area (Å²) in [6, 6.07) is 16.6. The number of carbonyl (C=O) groups excluding carboxylic acids is 1. The van der Waals surface area contributed by atoms with Gasteiger partial charge >= 0.3 is 0 Å². The van der Waals surface area contributed by atoms with E-state index in [1.807, 2.05) is 49.4 Å². The topological polar surface area (TPSA) is 79.1 Å². The van der Waals surface area contributed by atoms with Crippen LogP contribution < -0.4 is 5.73 Å². The summed E-state index contributed by atoms with van der Waals surface area (Å²) in [5.41, 5.74) is 10.5. The number of hydrogen-bond acceptors (Lipinski definition) is 2. The molecule has 4 nitrogen and oxygen atoms in total. The van der Waals surface area contributed by atoms with E-state index in [9.17, 15) is 9.90 Å². The van der Waals surface area contributed by atoms with Crippen molar-refractivity contribution in [2.24, 2.45) is 5.73 Å². The van der Waals surface area contributed by atoms with Gasteiger partial charge in [0.1, 0.15) is 5.75 Å². The van der Waals surface area contributed by atoms with Crippen LogP contribution in [0.4, 0.5) is 0 Å². The van der Waals surface area contributed by atoms with Crippen LogP contribution in [0.5, 0.6) is 5.75 Å². The quantitative estimate of drug-likeness (QED) is 0.687. The molecule has 0 spiro atoms. The maximum atomic E-state index is 12.0. The second kappa shape index (κ2) is 6.01. The van der Waals surface area contributed by atoms with E-state index >= 15 is 0 Å². The standard InChI is InChI=1S/C19H18N2O2/c1-2-15-16(19(20)23)18(12-6-4-3-5-7-12)21-17(15)13-8-10-14(22)11-9-13/h3-11,21-22H,2H2,1H3,(H2,20,23). The highest BCUT2D eigenvalue weighted by atomic mass is 16.3. The van der Waals surface area contributed by atoms with Gasteiger partial charge in [-0.3, -0.25) is 4.79 Å². The summed E-state index contributed by atoms with van der Waals surface area (Å²) < 4.78 is 0. The van der Waals surface area contributed by atoms with Crippen molar-refractivity contribution in [1.29, 1.82) is 0 Å². The van der Waals surface area contributed by atoms with Crippen LogP contribution in [-0.4, -0.2) is 16.0 Å². The Bertz CT molecular complexity index is 834. The van der Waals surface area contributed by atoms with Crippen LogP contribution in [0.15, 0.2) is 54.6 Å². The third kappa shape index (κ3) is 2.71. The Kier molecular flexibility index (Phi) is 3.89. The third-order valence-corrected chi connectivity index (χ3v) is 3.92. The predicted octanol–water partition coefficient (Wildman–Crippen LogP) is 3.72. The fourth-order valence-corrected chi connectivity index (χ4v) is 2.86. The van der Waals surface area contributed by atoms with Gasteiger partial charge in [0.2, 0.25) is 0 Å². The smallest absolute Gasteiger partial charge is 0.251 e. The van der Waals surface area contributed by atoms with E-state index in [4.69, 9.17) is 5.73 Å². The van der Waals surface area contributed by atoms with Gasteiger partial charge in [0.05, 0.1) is 11.3 Å². The Balaban J connectivity index is 2.25. The van der Waals surface area contributed by atoms with Gasteiger partial charge in [-0.15, -0.1) is 0 Å². The van der Waals surface area contributed by atoms with E-state index in [-0.39, 0.29) is 5.75 Å². The lowest BCUT2D eigenvalue weighted by atomic mass is 9.99. The minimum absolute atomic E-state index is 0.205. The SMILES string of the molecule is CCc1c(-c2ccc(O)cc2)[nH]c(-c2ccccc2)c1C(N)=O. The number of phenols is 1. The molecule has 0 aliphatic heterocycles. The van der Waals surface area contributed by atoms with Gasteiger partial charge in [-0.2, -0.15) is 0 Å². The molecular formula is C19H18N2O2. The van der Waals surface area contributed by atoms with Gasteiger partial charge in [-0.1, -0.05) is 37.3 Å². The fraction of sp³-hybridized carbons (Fsp3) is 0.105. The van der Waals surface area contributed by atoms with Crippen LogP contribution in [0.25, 0.3) is 22.5 Å². The number of aromatic amines is 1. The average Bonchev–Trinajstić information content (AvgIpc) is 2.96. The first-order valence-electron chi connectivity index (χ1n) is 7.51. The Morgan fingerprint density at radius 2 is 1.61 bits per heavy atom. The summed E-state index contributed by atoms with van der Waals surface area (Å²) in [6.45, 7) is 1.99. The summed E-state index contributed by atoms with van der Waals surface area (Å²) in [4.78, 5) is 15.4. The van der Waals surface area contributed by atoms with Crippen LogP contribution in [0, 0.1) is 0 Å². The van der Waals surface area contributed by atoms with E-state index in [1.165, 1.54) is 0 Å². The summed E-state index contributed by atoms with van der Waals surface area (Å²) in [7, 11) is 0. The first-order chi connectivity index (χ1) is 11.1. The zero-order chi connectivity index (χ0) is 16.4. The summed E-state index contributed by atoms with van der Waals surface area (Å²) in [5, 5.41) is 9.47. The molecular weight excluding hydrogens is 288 g/mol. The van der Waals surface area contributed by atoms with Gasteiger partial charge in [-0.25, -0.2) is 0 Å². The molecule has 0 aliphatic carbocycles. The zero-order valence-electron chi connectivity index (χ0n) is 12.8. The normalized spacial score (nSPS) is 10.7. The number of primary amides is 1. The molecule has 0 radical (unpaired) electrons. The molecule has 1 aromatic heterocycles. The Labute approximate surface area is 134 Å². The lowest BCUT2D eigenvalue weighted by Crippen LogP contribution is -2.13. The molecule has 0 bridgehead atoms. The maximum Gasteiger partial charge on any atom is 0.251 e. The Morgan fingerprint density at radius 3 is 2.17 bits per heavy atom. The second-order valence-electron chi connectivity index (χ2n) is 5.36. The maximum absolute atomic E-state index is 12.0. The number of nitrogens with two attached hydrogens (primary N) is 1. The van der Waals surface area contributed by atoms with Crippen molar-refractivity contribution in [3.05, 3.63) is 65.7 Å². The number of phenolic OH excluding ortho intramolecular Hbond substituents is 1. The monoisotopic (exact) mass is 306 g/mol. The van der Waals surface area contributed by atoms with E-state index < -0.39 is 5.91 Å². The minimum Gasteiger partial charge on any atom is -0.508 e. The summed E-state index contributed by atoms with van der Waals surface area (Å²) in [5.74, 6) is -0.237. The highest BCUT2D eigenvalue weighted by molar-refractivity contribution is 6.03. The minimum atomic E-state index is -0.443. The van der Waals surface area contributed by atoms with E-state index in [0.29, 0.717) is 12.0 Å². The highest BCUT2D eigenvalue weighted by Gasteiger charge is 2.21. The van der Waals surface area contributed by atoms with Gasteiger partial charge in [-0.05, 0) is 47.4 Å². The Morgan fingerprint density at radius 1 is 1.00 bits per heavy atom. The number of aromatic nitrogens is 1. The van der Waals surface area contributed by atoms with Crippen LogP contribution in [0.3, 0.4) is 0 Å². The number of amides is 1. The first-order valence-corrected chi connectivity index (χ1v) is 7.51. The molecule has 4 N–H and O–H groups in total. The van der Waals surface area contributed by atoms with Crippen LogP contribution >= 0.6 is 0 Å². The number of aromatic hydroxyl groups is 1. The molecule has 3 aromatic rings. The van der Waals surface area contributed by atoms with Gasteiger partial charge in [0.15, 0.2) is 0 Å². The lowest BCUT2D eigenvalue weighted by molar-refractivity contribution is 0.100. The molecule has 23 heavy (non-hydrogen) atoms. The van der Waals surface area contributed by atoms with E-state index in [1.54, 1.807) is 12.1 Å². The van der Waals surface area contributed by atoms with Crippen LogP contribution in [0.1, 0.15) is 22.8 Å². The molecule has 0 saturated heterocycles. The van der Waals surface area contributed by atoms with Crippen molar-refractivity contribution < 1.29 is 9.90 Å². The molecule has 1 heterocycles. The number of rotatable bonds is 4. The van der Waals surface area contributed by atoms with Crippen molar-refractivity contribution in [3.63, 3.8) is 0 Å². The fourth-order valence-electron chi connectivity index (χ4n) is 2.86. The number of carbonyl (C=O) groups is 1. The van der Waals surface area contributed by atoms with Gasteiger partial charge in [0.25, 0.3) is 5.91 Å². The van der Waals surface area contributed by atoms with Crippen LogP contribution in [0.2, 0.25) is 0 Å². The van der Waals surface area contributed by atoms with Gasteiger partial charge in [0, 0.05) is 5.69 Å². The van der Waals surface area contributed by atoms with Crippen molar-refractivity contribution in [2.45, 2.75) is 13.3 Å². The van der Waals surface area contributed by atoms with Gasteiger partial charge < -0.3 is 15.8 Å². The molecule has 0 atom stereocenters. The van der Waals surface area contributed by atoms with Crippen molar-refractivity contribution in [3.8, 4) is 28.3 Å². The molecule has 4 heteroatoms. The molecule has 0 saturated carbocycles. The summed E-state index contributed by atoms with van der Waals surface area (Å²) in [6.07, 6.45) is 0.678. The average molecular weight is 306 g/mol. The molecule has 0 fully saturated rings. The number of benzene rings is 2. The summed E-state index contributed by atoms with van der Waals surface area (Å²) >= 11 is 0. The molecule has 0 unspecified atom stereocenters. The lowest BCUT2D eigenvalue weighted by Gasteiger charge is -2.04. The van der Waals surface area contributed by atoms with E-state index in [2.05, 4.69) is 4.98 Å². The molecule has 3 rings (SSSR count). The highest BCUT2D eigenvalue weighted by Crippen LogP contribution is 2.34. The third-order valence-electron chi connectivity index (χ3n) is 3.92. The van der Waals surface area contributed by atoms with Crippen LogP contribution in [-0.2, 0) is 6.42 Å². The van der Waals surface area contributed by atoms with Crippen molar-refractivity contribution in [1.82, 2.24) is 4.98 Å². The Hall–Kier alpha value is -3.01. The molecule has 2 aromatic carbocycles. The molecule has 116 valence electrons. The zero-order valence-corrected chi connectivity index (χ0v) is 12.8. The number of nitrogens with one attached hydrogen (secondary N) is 1. The second-order valence-corrected chi connectivity index (χ2v) is 5.36. The number of H-pyrrole nitrogens is 1.